The van der Waals surface area contributed by atoms with E-state index in [-0.39, 0.29) is 0 Å². The van der Waals surface area contributed by atoms with Crippen molar-refractivity contribution >= 4 is 19.9 Å². The molecular weight excluding hydrogens is 307 g/mol. The van der Waals surface area contributed by atoms with Gasteiger partial charge in [0.2, 0.25) is 6.17 Å². The van der Waals surface area contributed by atoms with Crippen molar-refractivity contribution in [3.05, 3.63) is 0 Å². The molecule has 0 fully saturated rings. The van der Waals surface area contributed by atoms with E-state index in [0.717, 1.165) is 0 Å². The van der Waals surface area contributed by atoms with Gasteiger partial charge in [0.1, 0.15) is 0 Å². The predicted octanol–water partition coefficient (Wildman–Crippen LogP) is 2.82. The molecule has 0 rings (SSSR count). The third-order valence-electron chi connectivity index (χ3n) is 1.84. The Bertz CT molecular complexity index is 248. The largest absolute Gasteiger partial charge is 0.346 e. The molecule has 17 heavy (non-hydrogen) atoms. The van der Waals surface area contributed by atoms with Crippen LogP contribution in [-0.2, 0) is 0 Å². The maximum atomic E-state index is 12.7. The van der Waals surface area contributed by atoms with Crippen molar-refractivity contribution in [2.75, 3.05) is 0 Å². The fourth-order valence-electron chi connectivity index (χ4n) is 0.817. The van der Waals surface area contributed by atoms with Gasteiger partial charge < -0.3 is 0 Å². The van der Waals surface area contributed by atoms with Gasteiger partial charge >= 0.3 is 11.8 Å². The standard InChI is InChI=1S/C6H6ClF9Si/c7-17-4(12)6(15,16)5(13,14)2(9)1(8)3(10)11/h1-4H,17H2. The Balaban J connectivity index is 5.11. The summed E-state index contributed by atoms with van der Waals surface area (Å²) in [6.07, 6.45) is -12.9. The summed E-state index contributed by atoms with van der Waals surface area (Å²) in [7, 11) is -2.82. The van der Waals surface area contributed by atoms with Crippen LogP contribution in [-0.4, -0.2) is 45.2 Å². The average Bonchev–Trinajstić information content (AvgIpc) is 2.24. The fraction of sp³-hybridized carbons (Fsp3) is 1.00. The summed E-state index contributed by atoms with van der Waals surface area (Å²) in [4.78, 5) is 0. The lowest BCUT2D eigenvalue weighted by Crippen LogP contribution is -2.57. The Morgan fingerprint density at radius 3 is 1.53 bits per heavy atom. The van der Waals surface area contributed by atoms with Gasteiger partial charge in [0.25, 0.3) is 6.43 Å². The summed E-state index contributed by atoms with van der Waals surface area (Å²) >= 11 is 4.68. The van der Waals surface area contributed by atoms with E-state index < -0.39 is 45.2 Å². The van der Waals surface area contributed by atoms with Crippen molar-refractivity contribution in [1.29, 1.82) is 0 Å². The summed E-state index contributed by atoms with van der Waals surface area (Å²) in [6.45, 7) is 0. The van der Waals surface area contributed by atoms with E-state index in [1.165, 1.54) is 0 Å². The van der Waals surface area contributed by atoms with Crippen molar-refractivity contribution in [1.82, 2.24) is 0 Å². The minimum absolute atomic E-state index is 2.82. The van der Waals surface area contributed by atoms with E-state index in [2.05, 4.69) is 11.1 Å². The molecule has 0 aliphatic rings. The smallest absolute Gasteiger partial charge is 0.244 e. The van der Waals surface area contributed by atoms with Crippen LogP contribution in [0.3, 0.4) is 0 Å². The molecule has 0 saturated heterocycles. The highest BCUT2D eigenvalue weighted by Crippen LogP contribution is 2.44. The molecule has 0 nitrogen and oxygen atoms in total. The Morgan fingerprint density at radius 1 is 0.824 bits per heavy atom. The monoisotopic (exact) mass is 312 g/mol. The molecule has 104 valence electrons. The van der Waals surface area contributed by atoms with E-state index in [9.17, 15) is 39.5 Å². The molecule has 3 atom stereocenters. The van der Waals surface area contributed by atoms with Gasteiger partial charge in [0.05, 0.1) is 0 Å². The van der Waals surface area contributed by atoms with E-state index in [0.29, 0.717) is 0 Å². The average molecular weight is 313 g/mol. The Labute approximate surface area is 96.6 Å². The second-order valence-electron chi connectivity index (χ2n) is 3.05. The van der Waals surface area contributed by atoms with Crippen molar-refractivity contribution < 1.29 is 39.5 Å². The molecule has 0 saturated carbocycles. The van der Waals surface area contributed by atoms with E-state index >= 15 is 0 Å². The highest BCUT2D eigenvalue weighted by Gasteiger charge is 2.68. The van der Waals surface area contributed by atoms with Crippen LogP contribution in [0.1, 0.15) is 0 Å². The summed E-state index contributed by atoms with van der Waals surface area (Å²) in [6, 6.07) is 0. The maximum absolute atomic E-state index is 12.7. The Kier molecular flexibility index (Phi) is 5.64. The molecule has 0 bridgehead atoms. The zero-order valence-electron chi connectivity index (χ0n) is 7.80. The zero-order valence-corrected chi connectivity index (χ0v) is 9.97. The molecule has 0 spiro atoms. The summed E-state index contributed by atoms with van der Waals surface area (Å²) in [5.74, 6) is -15.1. The molecule has 0 aromatic carbocycles. The van der Waals surface area contributed by atoms with Crippen molar-refractivity contribution in [3.63, 3.8) is 0 Å². The SMILES string of the molecule is FC(F)C(F)C(F)C(F)(F)C(F)(F)C(F)[SiH2]Cl. The van der Waals surface area contributed by atoms with Gasteiger partial charge in [-0.15, -0.1) is 0 Å². The number of hydrogen-bond donors (Lipinski definition) is 0. The quantitative estimate of drug-likeness (QED) is 0.402. The molecule has 0 radical (unpaired) electrons. The molecule has 0 N–H and O–H groups in total. The highest BCUT2D eigenvalue weighted by atomic mass is 35.6. The number of alkyl halides is 9. The van der Waals surface area contributed by atoms with Crippen LogP contribution in [0.5, 0.6) is 0 Å². The van der Waals surface area contributed by atoms with Gasteiger partial charge in [-0.2, -0.15) is 28.6 Å². The molecule has 0 aliphatic carbocycles. The molecule has 11 heteroatoms. The summed E-state index contributed by atoms with van der Waals surface area (Å²) < 4.78 is 111. The second-order valence-corrected chi connectivity index (χ2v) is 5.00. The predicted molar refractivity (Wildman–Crippen MR) is 45.0 cm³/mol. The minimum Gasteiger partial charge on any atom is -0.244 e. The topological polar surface area (TPSA) is 0 Å². The molecule has 0 heterocycles. The molecule has 3 unspecified atom stereocenters. The van der Waals surface area contributed by atoms with E-state index in [1.54, 1.807) is 0 Å². The van der Waals surface area contributed by atoms with Crippen LogP contribution in [0.15, 0.2) is 0 Å². The van der Waals surface area contributed by atoms with Gasteiger partial charge in [-0.1, -0.05) is 0 Å². The third kappa shape index (κ3) is 3.21. The number of rotatable bonds is 6. The lowest BCUT2D eigenvalue weighted by atomic mass is 10.0. The molecule has 0 aromatic rings. The van der Waals surface area contributed by atoms with Gasteiger partial charge in [0, 0.05) is 0 Å². The van der Waals surface area contributed by atoms with E-state index in [1.807, 2.05) is 0 Å². The highest BCUT2D eigenvalue weighted by molar-refractivity contribution is 6.94. The lowest BCUT2D eigenvalue weighted by molar-refractivity contribution is -0.265. The first kappa shape index (κ1) is 16.9. The Morgan fingerprint density at radius 2 is 1.24 bits per heavy atom. The van der Waals surface area contributed by atoms with Crippen LogP contribution >= 0.6 is 11.1 Å². The van der Waals surface area contributed by atoms with Crippen molar-refractivity contribution in [2.45, 2.75) is 36.4 Å². The van der Waals surface area contributed by atoms with E-state index in [4.69, 9.17) is 0 Å². The number of halogens is 10. The normalized spacial score (nSPS) is 19.9. The molecule has 0 amide bonds. The fourth-order valence-corrected chi connectivity index (χ4v) is 1.86. The zero-order chi connectivity index (χ0) is 14.0. The molecular formula is C6H6ClF9Si. The van der Waals surface area contributed by atoms with Gasteiger partial charge in [-0.05, 0) is 0 Å². The minimum atomic E-state index is -5.90. The van der Waals surface area contributed by atoms with Crippen LogP contribution in [0.25, 0.3) is 0 Å². The van der Waals surface area contributed by atoms with Gasteiger partial charge in [-0.3, -0.25) is 0 Å². The Hall–Kier alpha value is -0.123. The number of hydrogen-bond acceptors (Lipinski definition) is 0. The molecule has 0 aromatic heterocycles. The molecule has 0 aliphatic heterocycles. The van der Waals surface area contributed by atoms with Crippen molar-refractivity contribution in [2.24, 2.45) is 0 Å². The van der Waals surface area contributed by atoms with Crippen LogP contribution in [0.2, 0.25) is 0 Å². The van der Waals surface area contributed by atoms with Crippen LogP contribution < -0.4 is 0 Å². The van der Waals surface area contributed by atoms with Gasteiger partial charge in [-0.25, -0.2) is 22.0 Å². The first-order chi connectivity index (χ1) is 7.50. The van der Waals surface area contributed by atoms with Gasteiger partial charge in [0.15, 0.2) is 20.8 Å². The van der Waals surface area contributed by atoms with Crippen molar-refractivity contribution in [3.8, 4) is 0 Å². The summed E-state index contributed by atoms with van der Waals surface area (Å²) in [5, 5.41) is 0. The maximum Gasteiger partial charge on any atom is 0.346 e. The summed E-state index contributed by atoms with van der Waals surface area (Å²) in [5.41, 5.74) is 0. The van der Waals surface area contributed by atoms with Crippen LogP contribution in [0.4, 0.5) is 39.5 Å². The third-order valence-corrected chi connectivity index (χ3v) is 3.44. The van der Waals surface area contributed by atoms with Crippen LogP contribution in [0, 0.1) is 0 Å². The lowest BCUT2D eigenvalue weighted by Gasteiger charge is -2.31. The first-order valence-corrected chi connectivity index (χ1v) is 6.97. The second kappa shape index (κ2) is 5.68. The first-order valence-electron chi connectivity index (χ1n) is 4.02.